The van der Waals surface area contributed by atoms with Crippen LogP contribution in [-0.4, -0.2) is 46.7 Å². The van der Waals surface area contributed by atoms with Gasteiger partial charge in [-0.05, 0) is 58.8 Å². The Morgan fingerprint density at radius 2 is 1.62 bits per heavy atom. The normalized spacial score (nSPS) is 33.7. The maximum atomic E-state index is 12.3. The van der Waals surface area contributed by atoms with Crippen LogP contribution in [0.1, 0.15) is 58.8 Å². The number of carbonyl (C=O) groups is 2. The number of aliphatic carboxylic acids is 1. The largest absolute Gasteiger partial charge is 0.481 e. The van der Waals surface area contributed by atoms with Crippen LogP contribution in [0.25, 0.3) is 0 Å². The van der Waals surface area contributed by atoms with E-state index in [0.717, 1.165) is 25.7 Å². The minimum absolute atomic E-state index is 0.0416. The van der Waals surface area contributed by atoms with E-state index in [9.17, 15) is 9.59 Å². The van der Waals surface area contributed by atoms with Crippen molar-refractivity contribution in [2.75, 3.05) is 6.61 Å². The Labute approximate surface area is 126 Å². The van der Waals surface area contributed by atoms with Crippen molar-refractivity contribution in [1.82, 2.24) is 4.90 Å². The number of ether oxygens (including phenoxy) is 1. The summed E-state index contributed by atoms with van der Waals surface area (Å²) in [5.74, 6) is -0.863. The summed E-state index contributed by atoms with van der Waals surface area (Å²) >= 11 is 0. The van der Waals surface area contributed by atoms with Crippen molar-refractivity contribution in [2.45, 2.75) is 77.0 Å². The molecule has 0 bridgehead atoms. The maximum Gasteiger partial charge on any atom is 0.306 e. The van der Waals surface area contributed by atoms with Crippen LogP contribution in [0.4, 0.5) is 0 Å². The minimum Gasteiger partial charge on any atom is -0.481 e. The molecule has 1 aliphatic heterocycles. The van der Waals surface area contributed by atoms with Gasteiger partial charge >= 0.3 is 5.97 Å². The molecule has 1 heterocycles. The first-order chi connectivity index (χ1) is 9.99. The van der Waals surface area contributed by atoms with Crippen molar-refractivity contribution in [1.29, 1.82) is 0 Å². The van der Waals surface area contributed by atoms with Crippen molar-refractivity contribution in [3.05, 3.63) is 0 Å². The van der Waals surface area contributed by atoms with E-state index in [-0.39, 0.29) is 24.5 Å². The summed E-state index contributed by atoms with van der Waals surface area (Å²) in [6.07, 6.45) is 6.17. The topological polar surface area (TPSA) is 66.8 Å². The Balaban J connectivity index is 1.75. The van der Waals surface area contributed by atoms with Gasteiger partial charge in [0.1, 0.15) is 6.61 Å². The van der Waals surface area contributed by atoms with Gasteiger partial charge in [0.25, 0.3) is 0 Å². The lowest BCUT2D eigenvalue weighted by Gasteiger charge is -2.39. The summed E-state index contributed by atoms with van der Waals surface area (Å²) in [7, 11) is 0. The van der Waals surface area contributed by atoms with E-state index in [0.29, 0.717) is 24.9 Å². The summed E-state index contributed by atoms with van der Waals surface area (Å²) in [5, 5.41) is 8.97. The van der Waals surface area contributed by atoms with Gasteiger partial charge in [0.2, 0.25) is 5.91 Å². The number of rotatable bonds is 4. The quantitative estimate of drug-likeness (QED) is 0.865. The van der Waals surface area contributed by atoms with Gasteiger partial charge in [-0.25, -0.2) is 0 Å². The van der Waals surface area contributed by atoms with E-state index >= 15 is 0 Å². The Kier molecular flexibility index (Phi) is 5.62. The summed E-state index contributed by atoms with van der Waals surface area (Å²) < 4.78 is 5.74. The van der Waals surface area contributed by atoms with Gasteiger partial charge in [-0.1, -0.05) is 0 Å². The molecule has 1 N–H and O–H groups in total. The van der Waals surface area contributed by atoms with Crippen LogP contribution in [0.3, 0.4) is 0 Å². The molecule has 1 saturated carbocycles. The third-order valence-electron chi connectivity index (χ3n) is 4.95. The van der Waals surface area contributed by atoms with Gasteiger partial charge in [0, 0.05) is 12.1 Å². The molecule has 0 aromatic rings. The molecular weight excluding hydrogens is 270 g/mol. The average molecular weight is 297 g/mol. The first-order valence-electron chi connectivity index (χ1n) is 8.14. The number of likely N-dealkylation sites (tertiary alicyclic amines) is 1. The fraction of sp³-hybridized carbons (Fsp3) is 0.875. The minimum atomic E-state index is -0.708. The number of carboxylic acids is 1. The zero-order valence-corrected chi connectivity index (χ0v) is 13.1. The molecule has 0 aromatic carbocycles. The number of nitrogens with zero attached hydrogens (tertiary/aromatic N) is 1. The number of hydrogen-bond donors (Lipinski definition) is 1. The zero-order chi connectivity index (χ0) is 15.4. The van der Waals surface area contributed by atoms with Crippen LogP contribution in [0.2, 0.25) is 0 Å². The zero-order valence-electron chi connectivity index (χ0n) is 13.1. The van der Waals surface area contributed by atoms with Gasteiger partial charge in [-0.3, -0.25) is 9.59 Å². The Morgan fingerprint density at radius 3 is 2.14 bits per heavy atom. The molecule has 5 heteroatoms. The Morgan fingerprint density at radius 1 is 1.05 bits per heavy atom. The summed E-state index contributed by atoms with van der Waals surface area (Å²) in [5.41, 5.74) is 0. The van der Waals surface area contributed by atoms with Crippen molar-refractivity contribution < 1.29 is 19.4 Å². The highest BCUT2D eigenvalue weighted by atomic mass is 16.5. The van der Waals surface area contributed by atoms with Crippen LogP contribution in [-0.2, 0) is 14.3 Å². The van der Waals surface area contributed by atoms with Crippen molar-refractivity contribution in [3.8, 4) is 0 Å². The maximum absolute atomic E-state index is 12.3. The predicted octanol–water partition coefficient (Wildman–Crippen LogP) is 2.44. The number of hydrogen-bond acceptors (Lipinski definition) is 3. The average Bonchev–Trinajstić information content (AvgIpc) is 2.45. The lowest BCUT2D eigenvalue weighted by Crippen LogP contribution is -2.49. The lowest BCUT2D eigenvalue weighted by molar-refractivity contribution is -0.148. The van der Waals surface area contributed by atoms with E-state index in [1.165, 1.54) is 6.42 Å². The lowest BCUT2D eigenvalue weighted by atomic mass is 9.87. The highest BCUT2D eigenvalue weighted by Crippen LogP contribution is 2.27. The van der Waals surface area contributed by atoms with Crippen molar-refractivity contribution >= 4 is 11.9 Å². The van der Waals surface area contributed by atoms with E-state index in [4.69, 9.17) is 9.84 Å². The second-order valence-electron chi connectivity index (χ2n) is 6.55. The number of carboxylic acid groups (broad SMARTS) is 1. The summed E-state index contributed by atoms with van der Waals surface area (Å²) in [4.78, 5) is 25.2. The van der Waals surface area contributed by atoms with Crippen LogP contribution < -0.4 is 0 Å². The molecular formula is C16H27NO4. The molecule has 21 heavy (non-hydrogen) atoms. The molecule has 2 atom stereocenters. The molecule has 0 spiro atoms. The first-order valence-corrected chi connectivity index (χ1v) is 8.14. The molecule has 1 aliphatic carbocycles. The Hall–Kier alpha value is -1.10. The van der Waals surface area contributed by atoms with Crippen LogP contribution in [0.15, 0.2) is 0 Å². The van der Waals surface area contributed by atoms with Gasteiger partial charge in [-0.15, -0.1) is 0 Å². The van der Waals surface area contributed by atoms with Crippen LogP contribution in [0.5, 0.6) is 0 Å². The molecule has 0 radical (unpaired) electrons. The number of amides is 1. The molecule has 5 nitrogen and oxygen atoms in total. The molecule has 2 rings (SSSR count). The van der Waals surface area contributed by atoms with Gasteiger partial charge in [0.05, 0.1) is 12.0 Å². The first kappa shape index (κ1) is 16.3. The fourth-order valence-electron chi connectivity index (χ4n) is 3.65. The second-order valence-corrected chi connectivity index (χ2v) is 6.55. The van der Waals surface area contributed by atoms with Crippen LogP contribution in [0, 0.1) is 5.92 Å². The van der Waals surface area contributed by atoms with Gasteiger partial charge < -0.3 is 14.7 Å². The SMILES string of the molecule is CC1CCCC(C)N1C(=O)COC1CCC(C(=O)O)CC1. The van der Waals surface area contributed by atoms with E-state index in [1.807, 2.05) is 4.90 Å². The van der Waals surface area contributed by atoms with Crippen molar-refractivity contribution in [2.24, 2.45) is 5.92 Å². The van der Waals surface area contributed by atoms with Gasteiger partial charge in [0.15, 0.2) is 0 Å². The fourth-order valence-corrected chi connectivity index (χ4v) is 3.65. The van der Waals surface area contributed by atoms with Crippen LogP contribution >= 0.6 is 0 Å². The van der Waals surface area contributed by atoms with E-state index < -0.39 is 5.97 Å². The Bertz CT molecular complexity index is 366. The predicted molar refractivity (Wildman–Crippen MR) is 79.0 cm³/mol. The molecule has 120 valence electrons. The molecule has 2 fully saturated rings. The monoisotopic (exact) mass is 297 g/mol. The van der Waals surface area contributed by atoms with Gasteiger partial charge in [-0.2, -0.15) is 0 Å². The highest BCUT2D eigenvalue weighted by Gasteiger charge is 2.30. The van der Waals surface area contributed by atoms with Crippen molar-refractivity contribution in [3.63, 3.8) is 0 Å². The molecule has 1 saturated heterocycles. The second kappa shape index (κ2) is 7.25. The smallest absolute Gasteiger partial charge is 0.306 e. The van der Waals surface area contributed by atoms with E-state index in [2.05, 4.69) is 13.8 Å². The molecule has 1 amide bonds. The standard InChI is InChI=1S/C16H27NO4/c1-11-4-3-5-12(2)17(11)15(18)10-21-14-8-6-13(7-9-14)16(19)20/h11-14H,3-10H2,1-2H3,(H,19,20). The third-order valence-corrected chi connectivity index (χ3v) is 4.95. The molecule has 0 aromatic heterocycles. The summed E-state index contributed by atoms with van der Waals surface area (Å²) in [6, 6.07) is 0.597. The summed E-state index contributed by atoms with van der Waals surface area (Å²) in [6.45, 7) is 4.34. The third kappa shape index (κ3) is 4.19. The molecule has 2 aliphatic rings. The number of carbonyl (C=O) groups excluding carboxylic acids is 1. The highest BCUT2D eigenvalue weighted by molar-refractivity contribution is 5.78. The van der Waals surface area contributed by atoms with E-state index in [1.54, 1.807) is 0 Å². The molecule has 2 unspecified atom stereocenters. The number of piperidine rings is 1.